The molecule has 1 aliphatic carbocycles. The molecular weight excluding hydrogens is 261 g/mol. The zero-order valence-corrected chi connectivity index (χ0v) is 10.8. The number of hydrogen-bond acceptors (Lipinski definition) is 3. The van der Waals surface area contributed by atoms with Crippen LogP contribution < -0.4 is 0 Å². The molecule has 0 bridgehead atoms. The molecule has 0 saturated heterocycles. The highest BCUT2D eigenvalue weighted by atomic mass is 19.4. The van der Waals surface area contributed by atoms with Crippen LogP contribution in [-0.2, 0) is 24.6 Å². The van der Waals surface area contributed by atoms with Gasteiger partial charge in [-0.05, 0) is 26.2 Å². The monoisotopic (exact) mass is 276 g/mol. The molecule has 1 heterocycles. The van der Waals surface area contributed by atoms with E-state index in [4.69, 9.17) is 4.74 Å². The first kappa shape index (κ1) is 13.9. The second-order valence-corrected chi connectivity index (χ2v) is 4.60. The minimum Gasteiger partial charge on any atom is -0.461 e. The van der Waals surface area contributed by atoms with Crippen LogP contribution in [0.3, 0.4) is 0 Å². The molecule has 19 heavy (non-hydrogen) atoms. The smallest absolute Gasteiger partial charge is 0.392 e. The van der Waals surface area contributed by atoms with Crippen molar-refractivity contribution in [3.05, 3.63) is 17.0 Å². The minimum atomic E-state index is -4.24. The number of nitrogens with zero attached hydrogens (tertiary/aromatic N) is 2. The summed E-state index contributed by atoms with van der Waals surface area (Å²) in [6.07, 6.45) is -4.11. The predicted octanol–water partition coefficient (Wildman–Crippen LogP) is 2.26. The van der Waals surface area contributed by atoms with E-state index < -0.39 is 18.1 Å². The first-order chi connectivity index (χ1) is 8.84. The Labute approximate surface area is 108 Å². The number of fused-ring (bicyclic) bond motifs is 1. The molecule has 0 fully saturated rings. The summed E-state index contributed by atoms with van der Waals surface area (Å²) in [6.45, 7) is 1.82. The number of aromatic nitrogens is 2. The van der Waals surface area contributed by atoms with Gasteiger partial charge in [0.1, 0.15) is 0 Å². The van der Waals surface area contributed by atoms with Crippen molar-refractivity contribution in [1.29, 1.82) is 0 Å². The van der Waals surface area contributed by atoms with E-state index in [9.17, 15) is 18.0 Å². The van der Waals surface area contributed by atoms with Crippen LogP contribution in [0.1, 0.15) is 35.1 Å². The topological polar surface area (TPSA) is 44.1 Å². The molecule has 7 heteroatoms. The predicted molar refractivity (Wildman–Crippen MR) is 60.7 cm³/mol. The Morgan fingerprint density at radius 1 is 1.53 bits per heavy atom. The van der Waals surface area contributed by atoms with Gasteiger partial charge in [0, 0.05) is 18.3 Å². The third-order valence-electron chi connectivity index (χ3n) is 3.39. The van der Waals surface area contributed by atoms with E-state index in [0.29, 0.717) is 11.3 Å². The van der Waals surface area contributed by atoms with E-state index in [-0.39, 0.29) is 31.6 Å². The van der Waals surface area contributed by atoms with E-state index in [1.54, 1.807) is 14.0 Å². The molecule has 0 saturated carbocycles. The molecule has 0 amide bonds. The minimum absolute atomic E-state index is 0.0216. The summed E-state index contributed by atoms with van der Waals surface area (Å²) in [5.41, 5.74) is 1.10. The first-order valence-electron chi connectivity index (χ1n) is 6.13. The summed E-state index contributed by atoms with van der Waals surface area (Å²) in [4.78, 5) is 11.7. The molecule has 0 aliphatic heterocycles. The first-order valence-corrected chi connectivity index (χ1v) is 6.13. The standard InChI is InChI=1S/C12H15F3N2O2/c1-3-19-11(18)10-8-6-7(12(13,14)15)4-5-9(8)17(2)16-10/h7H,3-6H2,1-2H3/t7-/m1/s1. The normalized spacial score (nSPS) is 19.1. The number of hydrogen-bond donors (Lipinski definition) is 0. The molecule has 2 rings (SSSR count). The maximum absolute atomic E-state index is 12.8. The number of carbonyl (C=O) groups is 1. The van der Waals surface area contributed by atoms with Crippen LogP contribution in [0.2, 0.25) is 0 Å². The van der Waals surface area contributed by atoms with Crippen LogP contribution in [0.5, 0.6) is 0 Å². The molecule has 1 atom stereocenters. The lowest BCUT2D eigenvalue weighted by atomic mass is 9.86. The average Bonchev–Trinajstić information content (AvgIpc) is 2.66. The number of halogens is 3. The fraction of sp³-hybridized carbons (Fsp3) is 0.667. The molecule has 1 aromatic rings. The van der Waals surface area contributed by atoms with E-state index in [2.05, 4.69) is 5.10 Å². The fourth-order valence-electron chi connectivity index (χ4n) is 2.43. The Hall–Kier alpha value is -1.53. The molecule has 0 spiro atoms. The zero-order chi connectivity index (χ0) is 14.2. The third-order valence-corrected chi connectivity index (χ3v) is 3.39. The molecule has 0 radical (unpaired) electrons. The van der Waals surface area contributed by atoms with Crippen molar-refractivity contribution < 1.29 is 22.7 Å². The lowest BCUT2D eigenvalue weighted by Crippen LogP contribution is -2.29. The quantitative estimate of drug-likeness (QED) is 0.778. The second-order valence-electron chi connectivity index (χ2n) is 4.60. The van der Waals surface area contributed by atoms with Gasteiger partial charge in [0.2, 0.25) is 0 Å². The van der Waals surface area contributed by atoms with Crippen molar-refractivity contribution in [2.24, 2.45) is 13.0 Å². The van der Waals surface area contributed by atoms with Crippen molar-refractivity contribution in [3.63, 3.8) is 0 Å². The summed E-state index contributed by atoms with van der Waals surface area (Å²) in [6, 6.07) is 0. The largest absolute Gasteiger partial charge is 0.461 e. The van der Waals surface area contributed by atoms with Crippen molar-refractivity contribution in [2.75, 3.05) is 6.61 Å². The summed E-state index contributed by atoms with van der Waals surface area (Å²) >= 11 is 0. The van der Waals surface area contributed by atoms with Crippen molar-refractivity contribution >= 4 is 5.97 Å². The third kappa shape index (κ3) is 2.59. The van der Waals surface area contributed by atoms with Gasteiger partial charge in [0.05, 0.1) is 12.5 Å². The van der Waals surface area contributed by atoms with Crippen LogP contribution in [0.25, 0.3) is 0 Å². The lowest BCUT2D eigenvalue weighted by Gasteiger charge is -2.24. The van der Waals surface area contributed by atoms with Gasteiger partial charge < -0.3 is 4.74 Å². The van der Waals surface area contributed by atoms with E-state index in [1.807, 2.05) is 0 Å². The maximum Gasteiger partial charge on any atom is 0.392 e. The second kappa shape index (κ2) is 4.86. The van der Waals surface area contributed by atoms with Crippen molar-refractivity contribution in [3.8, 4) is 0 Å². The Morgan fingerprint density at radius 2 is 2.21 bits per heavy atom. The van der Waals surface area contributed by atoms with Crippen LogP contribution in [-0.4, -0.2) is 28.5 Å². The van der Waals surface area contributed by atoms with Gasteiger partial charge >= 0.3 is 12.1 Å². The van der Waals surface area contributed by atoms with Crippen LogP contribution in [0, 0.1) is 5.92 Å². The van der Waals surface area contributed by atoms with Crippen LogP contribution >= 0.6 is 0 Å². The number of esters is 1. The van der Waals surface area contributed by atoms with E-state index >= 15 is 0 Å². The highest BCUT2D eigenvalue weighted by Gasteiger charge is 2.43. The number of aryl methyl sites for hydroxylation is 1. The fourth-order valence-corrected chi connectivity index (χ4v) is 2.43. The lowest BCUT2D eigenvalue weighted by molar-refractivity contribution is -0.177. The number of carbonyl (C=O) groups excluding carboxylic acids is 1. The van der Waals surface area contributed by atoms with E-state index in [0.717, 1.165) is 0 Å². The number of ether oxygens (including phenoxy) is 1. The van der Waals surface area contributed by atoms with Crippen molar-refractivity contribution in [2.45, 2.75) is 32.4 Å². The Kier molecular flexibility index (Phi) is 3.56. The molecule has 1 aromatic heterocycles. The van der Waals surface area contributed by atoms with Gasteiger partial charge in [-0.3, -0.25) is 4.68 Å². The SMILES string of the molecule is CCOC(=O)c1nn(C)c2c1C[C@H](C(F)(F)F)CC2. The summed E-state index contributed by atoms with van der Waals surface area (Å²) in [5.74, 6) is -2.06. The van der Waals surface area contributed by atoms with Gasteiger partial charge in [0.25, 0.3) is 0 Å². The van der Waals surface area contributed by atoms with Gasteiger partial charge in [-0.15, -0.1) is 0 Å². The Balaban J connectivity index is 2.34. The highest BCUT2D eigenvalue weighted by molar-refractivity contribution is 5.89. The molecule has 1 aliphatic rings. The molecular formula is C12H15F3N2O2. The van der Waals surface area contributed by atoms with Gasteiger partial charge in [-0.25, -0.2) is 4.79 Å². The van der Waals surface area contributed by atoms with Crippen LogP contribution in [0.4, 0.5) is 13.2 Å². The molecule has 4 nitrogen and oxygen atoms in total. The average molecular weight is 276 g/mol. The Bertz CT molecular complexity index is 494. The van der Waals surface area contributed by atoms with Crippen molar-refractivity contribution in [1.82, 2.24) is 9.78 Å². The summed E-state index contributed by atoms with van der Waals surface area (Å²) in [7, 11) is 1.63. The Morgan fingerprint density at radius 3 is 2.79 bits per heavy atom. The number of alkyl halides is 3. The molecule has 0 N–H and O–H groups in total. The molecule has 0 aromatic carbocycles. The van der Waals surface area contributed by atoms with Gasteiger partial charge in [0.15, 0.2) is 5.69 Å². The zero-order valence-electron chi connectivity index (χ0n) is 10.8. The van der Waals surface area contributed by atoms with Gasteiger partial charge in [-0.2, -0.15) is 18.3 Å². The van der Waals surface area contributed by atoms with Crippen LogP contribution in [0.15, 0.2) is 0 Å². The molecule has 106 valence electrons. The highest BCUT2D eigenvalue weighted by Crippen LogP contribution is 2.38. The maximum atomic E-state index is 12.8. The number of rotatable bonds is 2. The molecule has 0 unspecified atom stereocenters. The summed E-state index contributed by atoms with van der Waals surface area (Å²) < 4.78 is 44.7. The van der Waals surface area contributed by atoms with E-state index in [1.165, 1.54) is 4.68 Å². The van der Waals surface area contributed by atoms with Gasteiger partial charge in [-0.1, -0.05) is 0 Å². The summed E-state index contributed by atoms with van der Waals surface area (Å²) in [5, 5.41) is 4.00.